The molecule has 0 radical (unpaired) electrons. The van der Waals surface area contributed by atoms with Gasteiger partial charge in [0.1, 0.15) is 17.6 Å². The Morgan fingerprint density at radius 1 is 0.968 bits per heavy atom. The molecule has 3 rings (SSSR count). The Labute approximate surface area is 180 Å². The maximum absolute atomic E-state index is 13.0. The Hall–Kier alpha value is -2.98. The van der Waals surface area contributed by atoms with E-state index in [1.54, 1.807) is 29.2 Å². The van der Waals surface area contributed by atoms with E-state index in [-0.39, 0.29) is 24.6 Å². The van der Waals surface area contributed by atoms with Crippen LogP contribution in [0, 0.1) is 5.82 Å². The van der Waals surface area contributed by atoms with Gasteiger partial charge in [-0.05, 0) is 36.8 Å². The number of sulfone groups is 1. The molecule has 1 saturated heterocycles. The summed E-state index contributed by atoms with van der Waals surface area (Å²) in [6.45, 7) is 1.93. The Kier molecular flexibility index (Phi) is 7.24. The maximum atomic E-state index is 13.0. The van der Waals surface area contributed by atoms with Crippen LogP contribution in [0.1, 0.15) is 18.5 Å². The molecule has 31 heavy (non-hydrogen) atoms. The largest absolute Gasteiger partial charge is 0.481 e. The predicted octanol–water partition coefficient (Wildman–Crippen LogP) is 1.21. The van der Waals surface area contributed by atoms with Gasteiger partial charge in [-0.1, -0.05) is 30.3 Å². The summed E-state index contributed by atoms with van der Waals surface area (Å²) in [7, 11) is -3.11. The lowest BCUT2D eigenvalue weighted by molar-refractivity contribution is -0.135. The number of hydrogen-bond donors (Lipinski definition) is 2. The lowest BCUT2D eigenvalue weighted by Gasteiger charge is -2.33. The Bertz CT molecular complexity index is 1000. The van der Waals surface area contributed by atoms with Crippen molar-refractivity contribution in [3.8, 4) is 5.75 Å². The van der Waals surface area contributed by atoms with Gasteiger partial charge in [-0.2, -0.15) is 0 Å². The van der Waals surface area contributed by atoms with E-state index in [0.29, 0.717) is 11.3 Å². The number of nitrogens with zero attached hydrogens (tertiary/aromatic N) is 1. The first kappa shape index (κ1) is 22.7. The van der Waals surface area contributed by atoms with Crippen LogP contribution in [-0.4, -0.2) is 55.8 Å². The van der Waals surface area contributed by atoms with Crippen molar-refractivity contribution in [2.75, 3.05) is 24.6 Å². The summed E-state index contributed by atoms with van der Waals surface area (Å²) in [5, 5.41) is 0. The van der Waals surface area contributed by atoms with Crippen molar-refractivity contribution in [2.24, 2.45) is 0 Å². The van der Waals surface area contributed by atoms with Crippen LogP contribution in [0.3, 0.4) is 0 Å². The molecular weight excluding hydrogens is 425 g/mol. The molecule has 0 aromatic heterocycles. The quantitative estimate of drug-likeness (QED) is 0.643. The van der Waals surface area contributed by atoms with E-state index in [9.17, 15) is 22.4 Å². The third-order valence-electron chi connectivity index (χ3n) is 4.91. The summed E-state index contributed by atoms with van der Waals surface area (Å²) in [5.41, 5.74) is 5.43. The molecule has 1 aliphatic heterocycles. The molecule has 0 saturated carbocycles. The minimum absolute atomic E-state index is 0.0292. The van der Waals surface area contributed by atoms with E-state index >= 15 is 0 Å². The minimum atomic E-state index is -3.11. The summed E-state index contributed by atoms with van der Waals surface area (Å²) in [6, 6.07) is 13.4. The highest BCUT2D eigenvalue weighted by Crippen LogP contribution is 2.23. The number of carbonyl (C=O) groups is 2. The molecule has 0 aliphatic carbocycles. The second kappa shape index (κ2) is 9.88. The average molecular weight is 450 g/mol. The second-order valence-corrected chi connectivity index (χ2v) is 9.50. The molecule has 2 N–H and O–H groups in total. The Balaban J connectivity index is 1.63. The van der Waals surface area contributed by atoms with Gasteiger partial charge in [0.15, 0.2) is 15.9 Å². The fourth-order valence-electron chi connectivity index (χ4n) is 3.21. The highest BCUT2D eigenvalue weighted by atomic mass is 32.2. The predicted molar refractivity (Wildman–Crippen MR) is 112 cm³/mol. The van der Waals surface area contributed by atoms with Crippen LogP contribution in [0.5, 0.6) is 5.75 Å². The highest BCUT2D eigenvalue weighted by molar-refractivity contribution is 7.91. The van der Waals surface area contributed by atoms with Gasteiger partial charge in [-0.15, -0.1) is 0 Å². The zero-order valence-corrected chi connectivity index (χ0v) is 17.8. The summed E-state index contributed by atoms with van der Waals surface area (Å²) in [4.78, 5) is 27.0. The maximum Gasteiger partial charge on any atom is 0.279 e. The first-order chi connectivity index (χ1) is 14.7. The van der Waals surface area contributed by atoms with Crippen molar-refractivity contribution in [1.29, 1.82) is 0 Å². The molecule has 2 unspecified atom stereocenters. The third-order valence-corrected chi connectivity index (χ3v) is 6.52. The fraction of sp³-hybridized carbons (Fsp3) is 0.333. The molecule has 0 bridgehead atoms. The van der Waals surface area contributed by atoms with Crippen LogP contribution < -0.4 is 15.6 Å². The molecule has 10 heteroatoms. The second-order valence-electron chi connectivity index (χ2n) is 7.19. The van der Waals surface area contributed by atoms with Crippen LogP contribution in [-0.2, 0) is 19.4 Å². The number of benzene rings is 2. The van der Waals surface area contributed by atoms with Gasteiger partial charge in [-0.25, -0.2) is 12.8 Å². The molecule has 0 spiro atoms. The highest BCUT2D eigenvalue weighted by Gasteiger charge is 2.33. The number of ether oxygens (including phenoxy) is 1. The fourth-order valence-corrected chi connectivity index (χ4v) is 4.44. The van der Waals surface area contributed by atoms with Crippen LogP contribution in [0.4, 0.5) is 4.39 Å². The summed E-state index contributed by atoms with van der Waals surface area (Å²) in [5.74, 6) is -1.25. The van der Waals surface area contributed by atoms with Gasteiger partial charge in [0.05, 0.1) is 11.5 Å². The van der Waals surface area contributed by atoms with Crippen LogP contribution in [0.25, 0.3) is 0 Å². The normalized spacial score (nSPS) is 17.9. The number of carbonyl (C=O) groups excluding carboxylic acids is 2. The summed E-state index contributed by atoms with van der Waals surface area (Å²) in [6.07, 6.45) is -0.943. The molecule has 2 atom stereocenters. The van der Waals surface area contributed by atoms with E-state index in [0.717, 1.165) is 0 Å². The van der Waals surface area contributed by atoms with Crippen LogP contribution in [0.2, 0.25) is 0 Å². The van der Waals surface area contributed by atoms with Gasteiger partial charge < -0.3 is 4.74 Å². The Morgan fingerprint density at radius 3 is 2.16 bits per heavy atom. The minimum Gasteiger partial charge on any atom is -0.481 e. The molecule has 166 valence electrons. The number of hydrazine groups is 1. The van der Waals surface area contributed by atoms with Crippen molar-refractivity contribution in [2.45, 2.75) is 19.1 Å². The van der Waals surface area contributed by atoms with E-state index in [2.05, 4.69) is 10.9 Å². The standard InChI is InChI=1S/C21H24FN3O5S/c1-15(30-18-9-7-17(22)8-10-18)20(26)23-24-21(27)19(16-5-3-2-4-6-16)25-11-13-31(28,29)14-12-25/h2-10,15,19H,11-14H2,1H3,(H,23,26)(H,24,27). The van der Waals surface area contributed by atoms with Gasteiger partial charge in [-0.3, -0.25) is 25.3 Å². The topological polar surface area (TPSA) is 105 Å². The van der Waals surface area contributed by atoms with Gasteiger partial charge in [0.2, 0.25) is 0 Å². The molecule has 1 aliphatic rings. The first-order valence-electron chi connectivity index (χ1n) is 9.76. The zero-order valence-electron chi connectivity index (χ0n) is 17.0. The number of nitrogens with one attached hydrogen (secondary N) is 2. The molecule has 2 aromatic rings. The molecule has 2 amide bonds. The van der Waals surface area contributed by atoms with Crippen molar-refractivity contribution in [3.05, 3.63) is 66.0 Å². The van der Waals surface area contributed by atoms with Crippen molar-refractivity contribution in [1.82, 2.24) is 15.8 Å². The zero-order chi connectivity index (χ0) is 22.4. The molecular formula is C21H24FN3O5S. The van der Waals surface area contributed by atoms with Gasteiger partial charge in [0.25, 0.3) is 11.8 Å². The van der Waals surface area contributed by atoms with E-state index in [1.807, 2.05) is 6.07 Å². The third kappa shape index (κ3) is 6.25. The smallest absolute Gasteiger partial charge is 0.279 e. The molecule has 1 heterocycles. The van der Waals surface area contributed by atoms with Crippen molar-refractivity contribution in [3.63, 3.8) is 0 Å². The number of halogens is 1. The summed E-state index contributed by atoms with van der Waals surface area (Å²) >= 11 is 0. The van der Waals surface area contributed by atoms with E-state index in [1.165, 1.54) is 31.2 Å². The van der Waals surface area contributed by atoms with Crippen molar-refractivity contribution >= 4 is 21.7 Å². The monoisotopic (exact) mass is 449 g/mol. The number of hydrogen-bond acceptors (Lipinski definition) is 6. The van der Waals surface area contributed by atoms with Crippen LogP contribution in [0.15, 0.2) is 54.6 Å². The summed E-state index contributed by atoms with van der Waals surface area (Å²) < 4.78 is 42.0. The first-order valence-corrected chi connectivity index (χ1v) is 11.6. The van der Waals surface area contributed by atoms with Crippen LogP contribution >= 0.6 is 0 Å². The molecule has 2 aromatic carbocycles. The molecule has 1 fully saturated rings. The lowest BCUT2D eigenvalue weighted by atomic mass is 10.0. The van der Waals surface area contributed by atoms with Gasteiger partial charge >= 0.3 is 0 Å². The van der Waals surface area contributed by atoms with E-state index in [4.69, 9.17) is 4.74 Å². The SMILES string of the molecule is CC(Oc1ccc(F)cc1)C(=O)NNC(=O)C(c1ccccc1)N1CCS(=O)(=O)CC1. The van der Waals surface area contributed by atoms with E-state index < -0.39 is 39.6 Å². The molecule has 8 nitrogen and oxygen atoms in total. The number of rotatable bonds is 6. The average Bonchev–Trinajstić information content (AvgIpc) is 2.75. The number of amides is 2. The Morgan fingerprint density at radius 2 is 1.55 bits per heavy atom. The van der Waals surface area contributed by atoms with Gasteiger partial charge in [0, 0.05) is 13.1 Å². The lowest BCUT2D eigenvalue weighted by Crippen LogP contribution is -2.53. The van der Waals surface area contributed by atoms with Crippen molar-refractivity contribution < 1.29 is 27.1 Å².